The summed E-state index contributed by atoms with van der Waals surface area (Å²) in [6, 6.07) is 8.95. The van der Waals surface area contributed by atoms with Gasteiger partial charge >= 0.3 is 0 Å². The summed E-state index contributed by atoms with van der Waals surface area (Å²) in [6.07, 6.45) is 0.889. The minimum atomic E-state index is -0.279. The van der Waals surface area contributed by atoms with Gasteiger partial charge in [-0.15, -0.1) is 0 Å². The van der Waals surface area contributed by atoms with E-state index in [2.05, 4.69) is 16.9 Å². The summed E-state index contributed by atoms with van der Waals surface area (Å²) in [5, 5.41) is 0. The maximum Gasteiger partial charge on any atom is 0.251 e. The zero-order chi connectivity index (χ0) is 14.5. The Labute approximate surface area is 117 Å². The van der Waals surface area contributed by atoms with Gasteiger partial charge in [0.2, 0.25) is 0 Å². The number of hydrogen-bond donors (Lipinski definition) is 2. The highest BCUT2D eigenvalue weighted by Gasteiger charge is 2.07. The van der Waals surface area contributed by atoms with Gasteiger partial charge in [-0.05, 0) is 25.0 Å². The first-order valence-corrected chi connectivity index (χ1v) is 6.66. The van der Waals surface area contributed by atoms with E-state index in [-0.39, 0.29) is 18.2 Å². The van der Waals surface area contributed by atoms with Gasteiger partial charge < -0.3 is 15.5 Å². The van der Waals surface area contributed by atoms with E-state index in [1.807, 2.05) is 24.3 Å². The second kappa shape index (κ2) is 6.34. The summed E-state index contributed by atoms with van der Waals surface area (Å²) in [5.74, 6) is 1.29. The Morgan fingerprint density at radius 2 is 2.15 bits per heavy atom. The summed E-state index contributed by atoms with van der Waals surface area (Å²) in [5.41, 5.74) is 7.22. The molecule has 3 N–H and O–H groups in total. The van der Waals surface area contributed by atoms with Crippen molar-refractivity contribution in [3.05, 3.63) is 57.8 Å². The summed E-state index contributed by atoms with van der Waals surface area (Å²) >= 11 is 0. The molecule has 1 aromatic carbocycles. The van der Waals surface area contributed by atoms with Crippen LogP contribution in [0.4, 0.5) is 0 Å². The van der Waals surface area contributed by atoms with Gasteiger partial charge in [-0.1, -0.05) is 25.1 Å². The molecule has 0 bridgehead atoms. The maximum absolute atomic E-state index is 11.5. The number of nitrogens with two attached hydrogens (primary N) is 1. The largest absolute Gasteiger partial charge is 0.485 e. The Kier molecular flexibility index (Phi) is 4.53. The molecule has 5 heteroatoms. The van der Waals surface area contributed by atoms with Crippen LogP contribution in [0.15, 0.2) is 35.1 Å². The van der Waals surface area contributed by atoms with E-state index in [4.69, 9.17) is 10.5 Å². The number of hydrogen-bond acceptors (Lipinski definition) is 4. The standard InChI is InChI=1S/C15H19N3O2/c1-3-11-6-4-5-7-13(11)20-9-14-17-12(10(2)16)8-15(19)18-14/h4-8,10H,3,9,16H2,1-2H3,(H,17,18,19). The lowest BCUT2D eigenvalue weighted by molar-refractivity contribution is 0.292. The van der Waals surface area contributed by atoms with E-state index in [0.29, 0.717) is 11.5 Å². The van der Waals surface area contributed by atoms with Crippen LogP contribution in [0, 0.1) is 0 Å². The van der Waals surface area contributed by atoms with Crippen LogP contribution < -0.4 is 16.0 Å². The summed E-state index contributed by atoms with van der Waals surface area (Å²) in [4.78, 5) is 18.5. The van der Waals surface area contributed by atoms with Gasteiger partial charge in [-0.25, -0.2) is 4.98 Å². The Morgan fingerprint density at radius 3 is 2.85 bits per heavy atom. The summed E-state index contributed by atoms with van der Waals surface area (Å²) in [7, 11) is 0. The summed E-state index contributed by atoms with van der Waals surface area (Å²) in [6.45, 7) is 4.07. The van der Waals surface area contributed by atoms with Crippen LogP contribution in [-0.2, 0) is 13.0 Å². The molecule has 5 nitrogen and oxygen atoms in total. The van der Waals surface area contributed by atoms with Crippen LogP contribution in [-0.4, -0.2) is 9.97 Å². The Hall–Kier alpha value is -2.14. The molecule has 0 spiro atoms. The fourth-order valence-electron chi connectivity index (χ4n) is 1.91. The van der Waals surface area contributed by atoms with Crippen molar-refractivity contribution in [1.82, 2.24) is 9.97 Å². The van der Waals surface area contributed by atoms with Gasteiger partial charge in [0, 0.05) is 12.1 Å². The fourth-order valence-corrected chi connectivity index (χ4v) is 1.91. The van der Waals surface area contributed by atoms with Crippen molar-refractivity contribution < 1.29 is 4.74 Å². The van der Waals surface area contributed by atoms with E-state index in [0.717, 1.165) is 17.7 Å². The van der Waals surface area contributed by atoms with Crippen molar-refractivity contribution in [2.75, 3.05) is 0 Å². The molecule has 0 fully saturated rings. The average Bonchev–Trinajstić information content (AvgIpc) is 2.44. The minimum absolute atomic E-state index is 0.213. The van der Waals surface area contributed by atoms with E-state index in [1.165, 1.54) is 6.07 Å². The van der Waals surface area contributed by atoms with Crippen molar-refractivity contribution >= 4 is 0 Å². The zero-order valence-corrected chi connectivity index (χ0v) is 11.7. The van der Waals surface area contributed by atoms with Crippen LogP contribution in [0.5, 0.6) is 5.75 Å². The second-order valence-corrected chi connectivity index (χ2v) is 4.66. The molecule has 0 amide bonds. The first kappa shape index (κ1) is 14.3. The monoisotopic (exact) mass is 273 g/mol. The zero-order valence-electron chi connectivity index (χ0n) is 11.7. The van der Waals surface area contributed by atoms with Crippen LogP contribution >= 0.6 is 0 Å². The van der Waals surface area contributed by atoms with Crippen LogP contribution in [0.1, 0.15) is 37.0 Å². The molecule has 0 aliphatic heterocycles. The first-order chi connectivity index (χ1) is 9.60. The average molecular weight is 273 g/mol. The Morgan fingerprint density at radius 1 is 1.40 bits per heavy atom. The van der Waals surface area contributed by atoms with Crippen molar-refractivity contribution in [2.24, 2.45) is 5.73 Å². The third-order valence-electron chi connectivity index (χ3n) is 2.99. The lowest BCUT2D eigenvalue weighted by Crippen LogP contribution is -2.18. The molecule has 2 aromatic rings. The maximum atomic E-state index is 11.5. The molecule has 1 atom stereocenters. The molecule has 0 saturated heterocycles. The number of aromatic amines is 1. The van der Waals surface area contributed by atoms with E-state index in [1.54, 1.807) is 6.92 Å². The quantitative estimate of drug-likeness (QED) is 0.872. The molecule has 0 aliphatic carbocycles. The lowest BCUT2D eigenvalue weighted by atomic mass is 10.1. The van der Waals surface area contributed by atoms with Crippen molar-refractivity contribution in [3.63, 3.8) is 0 Å². The lowest BCUT2D eigenvalue weighted by Gasteiger charge is -2.11. The predicted octanol–water partition coefficient (Wildman–Crippen LogP) is 1.93. The highest BCUT2D eigenvalue weighted by atomic mass is 16.5. The molecule has 1 unspecified atom stereocenters. The van der Waals surface area contributed by atoms with Gasteiger partial charge in [-0.3, -0.25) is 4.79 Å². The van der Waals surface area contributed by atoms with E-state index in [9.17, 15) is 4.79 Å². The molecule has 0 radical (unpaired) electrons. The number of H-pyrrole nitrogens is 1. The van der Waals surface area contributed by atoms with Crippen molar-refractivity contribution in [2.45, 2.75) is 32.9 Å². The second-order valence-electron chi connectivity index (χ2n) is 4.66. The molecular formula is C15H19N3O2. The SMILES string of the molecule is CCc1ccccc1OCc1nc(C(C)N)cc(=O)[nH]1. The topological polar surface area (TPSA) is 81.0 Å². The number of nitrogens with one attached hydrogen (secondary N) is 1. The molecule has 2 rings (SSSR count). The fraction of sp³-hybridized carbons (Fsp3) is 0.333. The number of aryl methyl sites for hydroxylation is 1. The van der Waals surface area contributed by atoms with Crippen LogP contribution in [0.25, 0.3) is 0 Å². The van der Waals surface area contributed by atoms with Crippen LogP contribution in [0.2, 0.25) is 0 Å². The number of aromatic nitrogens is 2. The number of benzene rings is 1. The molecule has 1 heterocycles. The number of ether oxygens (including phenoxy) is 1. The molecule has 0 saturated carbocycles. The molecule has 1 aromatic heterocycles. The minimum Gasteiger partial charge on any atom is -0.485 e. The smallest absolute Gasteiger partial charge is 0.251 e. The van der Waals surface area contributed by atoms with Gasteiger partial charge in [0.1, 0.15) is 18.2 Å². The molecular weight excluding hydrogens is 254 g/mol. The molecule has 0 aliphatic rings. The van der Waals surface area contributed by atoms with Gasteiger partial charge in [0.25, 0.3) is 5.56 Å². The Balaban J connectivity index is 2.16. The van der Waals surface area contributed by atoms with Crippen molar-refractivity contribution in [1.29, 1.82) is 0 Å². The van der Waals surface area contributed by atoms with Gasteiger partial charge in [-0.2, -0.15) is 0 Å². The van der Waals surface area contributed by atoms with Gasteiger partial charge in [0.15, 0.2) is 0 Å². The highest BCUT2D eigenvalue weighted by molar-refractivity contribution is 5.33. The third-order valence-corrected chi connectivity index (χ3v) is 2.99. The van der Waals surface area contributed by atoms with Crippen LogP contribution in [0.3, 0.4) is 0 Å². The van der Waals surface area contributed by atoms with E-state index < -0.39 is 0 Å². The number of rotatable bonds is 5. The normalized spacial score (nSPS) is 12.2. The predicted molar refractivity (Wildman–Crippen MR) is 77.6 cm³/mol. The number of para-hydroxylation sites is 1. The summed E-state index contributed by atoms with van der Waals surface area (Å²) < 4.78 is 5.73. The number of nitrogens with zero attached hydrogens (tertiary/aromatic N) is 1. The third kappa shape index (κ3) is 3.45. The first-order valence-electron chi connectivity index (χ1n) is 6.66. The Bertz CT molecular complexity index is 635. The molecule has 106 valence electrons. The van der Waals surface area contributed by atoms with E-state index >= 15 is 0 Å². The van der Waals surface area contributed by atoms with Crippen molar-refractivity contribution in [3.8, 4) is 5.75 Å². The molecule has 20 heavy (non-hydrogen) atoms. The van der Waals surface area contributed by atoms with Gasteiger partial charge in [0.05, 0.1) is 5.69 Å². The highest BCUT2D eigenvalue weighted by Crippen LogP contribution is 2.19.